The maximum Gasteiger partial charge on any atom is 0.264 e. The number of halogens is 1. The number of nitrogens with zero attached hydrogens (tertiary/aromatic N) is 3. The molecule has 0 aromatic carbocycles. The van der Waals surface area contributed by atoms with E-state index in [0.29, 0.717) is 27.2 Å². The molecule has 2 fully saturated rings. The molecule has 1 saturated carbocycles. The van der Waals surface area contributed by atoms with Crippen molar-refractivity contribution >= 4 is 40.5 Å². The lowest BCUT2D eigenvalue weighted by Gasteiger charge is -2.05. The molecule has 1 aliphatic heterocycles. The molecule has 7 heteroatoms. The molecule has 1 aromatic rings. The van der Waals surface area contributed by atoms with Crippen LogP contribution in [0.25, 0.3) is 6.08 Å². The molecule has 24 heavy (non-hydrogen) atoms. The predicted molar refractivity (Wildman–Crippen MR) is 100 cm³/mol. The molecule has 0 unspecified atom stereocenters. The van der Waals surface area contributed by atoms with Gasteiger partial charge in [0.25, 0.3) is 5.91 Å². The molecule has 1 N–H and O–H groups in total. The minimum absolute atomic E-state index is 0.108. The number of thioether (sulfide) groups is 1. The summed E-state index contributed by atoms with van der Waals surface area (Å²) in [5, 5.41) is 8.65. The molecule has 2 aliphatic rings. The van der Waals surface area contributed by atoms with Crippen LogP contribution >= 0.6 is 23.4 Å². The number of nitrogens with one attached hydrogen (secondary N) is 1. The van der Waals surface area contributed by atoms with Crippen LogP contribution in [-0.2, 0) is 11.3 Å². The Balaban J connectivity index is 1.81. The highest BCUT2D eigenvalue weighted by molar-refractivity contribution is 8.18. The van der Waals surface area contributed by atoms with Crippen molar-refractivity contribution in [2.24, 2.45) is 10.9 Å². The fourth-order valence-corrected chi connectivity index (χ4v) is 4.19. The second kappa shape index (κ2) is 7.31. The van der Waals surface area contributed by atoms with Gasteiger partial charge in [-0.15, -0.1) is 0 Å². The summed E-state index contributed by atoms with van der Waals surface area (Å²) in [7, 11) is 0. The van der Waals surface area contributed by atoms with Gasteiger partial charge >= 0.3 is 0 Å². The Labute approximate surface area is 151 Å². The van der Waals surface area contributed by atoms with E-state index >= 15 is 0 Å². The summed E-state index contributed by atoms with van der Waals surface area (Å²) in [6, 6.07) is 0.353. The maximum atomic E-state index is 12.2. The van der Waals surface area contributed by atoms with Gasteiger partial charge in [-0.1, -0.05) is 38.3 Å². The van der Waals surface area contributed by atoms with Gasteiger partial charge < -0.3 is 5.32 Å². The Hall–Kier alpha value is -1.27. The minimum atomic E-state index is -0.108. The third-order valence-electron chi connectivity index (χ3n) is 4.20. The number of carbonyl (C=O) groups is 1. The van der Waals surface area contributed by atoms with Gasteiger partial charge in [0, 0.05) is 12.1 Å². The fraction of sp³-hybridized carbons (Fsp3) is 0.588. The lowest BCUT2D eigenvalue weighted by molar-refractivity contribution is -0.115. The lowest BCUT2D eigenvalue weighted by Crippen LogP contribution is -2.21. The third-order valence-corrected chi connectivity index (χ3v) is 5.52. The van der Waals surface area contributed by atoms with Crippen LogP contribution in [0.5, 0.6) is 0 Å². The first kappa shape index (κ1) is 17.5. The zero-order chi connectivity index (χ0) is 17.3. The molecular formula is C17H23ClN4OS. The molecule has 3 rings (SSSR count). The van der Waals surface area contributed by atoms with E-state index in [9.17, 15) is 4.79 Å². The first-order valence-electron chi connectivity index (χ1n) is 8.45. The van der Waals surface area contributed by atoms with Gasteiger partial charge in [-0.25, -0.2) is 0 Å². The number of hydrogen-bond donors (Lipinski definition) is 1. The van der Waals surface area contributed by atoms with Gasteiger partial charge in [-0.05, 0) is 43.5 Å². The van der Waals surface area contributed by atoms with E-state index in [0.717, 1.165) is 30.6 Å². The van der Waals surface area contributed by atoms with Gasteiger partial charge in [-0.3, -0.25) is 14.5 Å². The van der Waals surface area contributed by atoms with E-state index in [1.54, 1.807) is 4.68 Å². The second-order valence-corrected chi connectivity index (χ2v) is 8.19. The highest BCUT2D eigenvalue weighted by Gasteiger charge is 2.26. The van der Waals surface area contributed by atoms with Crippen LogP contribution in [-0.4, -0.2) is 26.9 Å². The average molecular weight is 367 g/mol. The zero-order valence-electron chi connectivity index (χ0n) is 14.3. The van der Waals surface area contributed by atoms with Gasteiger partial charge in [0.2, 0.25) is 0 Å². The van der Waals surface area contributed by atoms with Crippen LogP contribution in [0.4, 0.5) is 0 Å². The quantitative estimate of drug-likeness (QED) is 0.819. The maximum absolute atomic E-state index is 12.2. The number of aryl methyl sites for hydroxylation is 1. The van der Waals surface area contributed by atoms with Crippen molar-refractivity contribution in [1.29, 1.82) is 0 Å². The summed E-state index contributed by atoms with van der Waals surface area (Å²) in [5.74, 6) is 0.348. The molecule has 2 heterocycles. The average Bonchev–Trinajstić information content (AvgIpc) is 3.18. The highest BCUT2D eigenvalue weighted by atomic mass is 35.5. The molecule has 0 radical (unpaired) electrons. The largest absolute Gasteiger partial charge is 0.301 e. The molecule has 0 bridgehead atoms. The smallest absolute Gasteiger partial charge is 0.264 e. The van der Waals surface area contributed by atoms with Crippen molar-refractivity contribution in [2.75, 3.05) is 0 Å². The van der Waals surface area contributed by atoms with Crippen molar-refractivity contribution in [3.8, 4) is 0 Å². The molecule has 1 amide bonds. The van der Waals surface area contributed by atoms with Gasteiger partial charge in [-0.2, -0.15) is 5.10 Å². The zero-order valence-corrected chi connectivity index (χ0v) is 15.9. The lowest BCUT2D eigenvalue weighted by atomic mass is 10.2. The van der Waals surface area contributed by atoms with Crippen molar-refractivity contribution < 1.29 is 4.79 Å². The van der Waals surface area contributed by atoms with Crippen LogP contribution in [0.2, 0.25) is 5.15 Å². The predicted octanol–water partition coefficient (Wildman–Crippen LogP) is 4.00. The number of aliphatic imine (C=N–C) groups is 1. The van der Waals surface area contributed by atoms with Gasteiger partial charge in [0.15, 0.2) is 5.17 Å². The Bertz CT molecular complexity index is 702. The van der Waals surface area contributed by atoms with Gasteiger partial charge in [0.1, 0.15) is 5.15 Å². The second-order valence-electron chi connectivity index (χ2n) is 6.80. The molecule has 0 atom stereocenters. The third kappa shape index (κ3) is 3.86. The van der Waals surface area contributed by atoms with Gasteiger partial charge in [0.05, 0.1) is 16.6 Å². The summed E-state index contributed by atoms with van der Waals surface area (Å²) in [4.78, 5) is 17.5. The minimum Gasteiger partial charge on any atom is -0.301 e. The van der Waals surface area contributed by atoms with Crippen LogP contribution in [0.15, 0.2) is 9.90 Å². The van der Waals surface area contributed by atoms with Crippen LogP contribution in [0.3, 0.4) is 0 Å². The van der Waals surface area contributed by atoms with Crippen molar-refractivity contribution in [3.63, 3.8) is 0 Å². The Kier molecular flexibility index (Phi) is 5.35. The van der Waals surface area contributed by atoms with E-state index in [1.807, 2.05) is 13.0 Å². The summed E-state index contributed by atoms with van der Waals surface area (Å²) >= 11 is 7.85. The number of amides is 1. The molecule has 1 saturated heterocycles. The van der Waals surface area contributed by atoms with Crippen molar-refractivity contribution in [3.05, 3.63) is 21.3 Å². The fourth-order valence-electron chi connectivity index (χ4n) is 3.02. The molecule has 130 valence electrons. The summed E-state index contributed by atoms with van der Waals surface area (Å²) in [6.07, 6.45) is 6.52. The molecule has 1 aromatic heterocycles. The number of amidine groups is 1. The van der Waals surface area contributed by atoms with Crippen LogP contribution < -0.4 is 5.32 Å². The highest BCUT2D eigenvalue weighted by Crippen LogP contribution is 2.31. The van der Waals surface area contributed by atoms with Crippen LogP contribution in [0, 0.1) is 12.8 Å². The number of aromatic nitrogens is 2. The van der Waals surface area contributed by atoms with E-state index in [-0.39, 0.29) is 5.91 Å². The summed E-state index contributed by atoms with van der Waals surface area (Å²) in [5.41, 5.74) is 1.65. The summed E-state index contributed by atoms with van der Waals surface area (Å²) in [6.45, 7) is 6.92. The summed E-state index contributed by atoms with van der Waals surface area (Å²) < 4.78 is 1.80. The molecule has 5 nitrogen and oxygen atoms in total. The SMILES string of the molecule is Cc1nn(CC(C)C)c(Cl)c1/C=C1\SC(=NC2CCCC2)NC1=O. The number of hydrogen-bond acceptors (Lipinski definition) is 4. The van der Waals surface area contributed by atoms with E-state index in [4.69, 9.17) is 11.6 Å². The molecular weight excluding hydrogens is 344 g/mol. The normalized spacial score (nSPS) is 22.3. The Morgan fingerprint density at radius 3 is 2.83 bits per heavy atom. The Morgan fingerprint density at radius 2 is 2.17 bits per heavy atom. The first-order chi connectivity index (χ1) is 11.4. The molecule has 0 spiro atoms. The van der Waals surface area contributed by atoms with E-state index < -0.39 is 0 Å². The van der Waals surface area contributed by atoms with E-state index in [1.165, 1.54) is 24.6 Å². The standard InChI is InChI=1S/C17H23ClN4OS/c1-10(2)9-22-15(18)13(11(3)21-22)8-14-16(23)20-17(24-14)19-12-6-4-5-7-12/h8,10,12H,4-7,9H2,1-3H3,(H,19,20,23)/b14-8-. The molecule has 1 aliphatic carbocycles. The topological polar surface area (TPSA) is 59.3 Å². The van der Waals surface area contributed by atoms with Crippen molar-refractivity contribution in [2.45, 2.75) is 59.0 Å². The van der Waals surface area contributed by atoms with Crippen molar-refractivity contribution in [1.82, 2.24) is 15.1 Å². The van der Waals surface area contributed by atoms with Crippen LogP contribution in [0.1, 0.15) is 50.8 Å². The number of rotatable bonds is 4. The first-order valence-corrected chi connectivity index (χ1v) is 9.65. The Morgan fingerprint density at radius 1 is 1.46 bits per heavy atom. The monoisotopic (exact) mass is 366 g/mol. The number of carbonyl (C=O) groups excluding carboxylic acids is 1. The van der Waals surface area contributed by atoms with E-state index in [2.05, 4.69) is 29.3 Å².